The van der Waals surface area contributed by atoms with Crippen LogP contribution in [0.4, 0.5) is 13.2 Å². The normalized spacial score (nSPS) is 18.9. The van der Waals surface area contributed by atoms with Gasteiger partial charge in [0.2, 0.25) is 10.0 Å². The van der Waals surface area contributed by atoms with Crippen LogP contribution < -0.4 is 9.46 Å². The average Bonchev–Trinajstić information content (AvgIpc) is 2.52. The van der Waals surface area contributed by atoms with E-state index in [0.717, 1.165) is 38.1 Å². The molecule has 0 radical (unpaired) electrons. The first-order valence-corrected chi connectivity index (χ1v) is 9.65. The molecule has 142 valence electrons. The highest BCUT2D eigenvalue weighted by Gasteiger charge is 2.34. The van der Waals surface area contributed by atoms with Crippen molar-refractivity contribution < 1.29 is 26.3 Å². The SMILES string of the molecule is CC1CCN(C(C)CNS(=O)(=O)c2ccccc2OC(F)(F)F)CC1. The van der Waals surface area contributed by atoms with E-state index in [-0.39, 0.29) is 12.6 Å². The summed E-state index contributed by atoms with van der Waals surface area (Å²) in [5.41, 5.74) is 0. The summed E-state index contributed by atoms with van der Waals surface area (Å²) in [6.07, 6.45) is -2.85. The van der Waals surface area contributed by atoms with Gasteiger partial charge in [-0.3, -0.25) is 4.90 Å². The van der Waals surface area contributed by atoms with Crippen molar-refractivity contribution in [2.45, 2.75) is 44.0 Å². The second-order valence-corrected chi connectivity index (χ2v) is 8.15. The first-order valence-electron chi connectivity index (χ1n) is 8.17. The van der Waals surface area contributed by atoms with Crippen molar-refractivity contribution in [1.82, 2.24) is 9.62 Å². The Morgan fingerprint density at radius 3 is 2.48 bits per heavy atom. The third-order valence-electron chi connectivity index (χ3n) is 4.37. The van der Waals surface area contributed by atoms with Crippen LogP contribution in [0.1, 0.15) is 26.7 Å². The van der Waals surface area contributed by atoms with Crippen LogP contribution in [0.15, 0.2) is 29.2 Å². The lowest BCUT2D eigenvalue weighted by Gasteiger charge is -2.35. The minimum absolute atomic E-state index is 0.0435. The molecule has 1 heterocycles. The molecule has 1 aromatic carbocycles. The third kappa shape index (κ3) is 5.86. The number of ether oxygens (including phenoxy) is 1. The Morgan fingerprint density at radius 2 is 1.88 bits per heavy atom. The summed E-state index contributed by atoms with van der Waals surface area (Å²) < 4.78 is 68.4. The maximum absolute atomic E-state index is 12.5. The minimum Gasteiger partial charge on any atom is -0.404 e. The summed E-state index contributed by atoms with van der Waals surface area (Å²) >= 11 is 0. The lowest BCUT2D eigenvalue weighted by atomic mass is 9.98. The van der Waals surface area contributed by atoms with E-state index in [0.29, 0.717) is 5.92 Å². The Kier molecular flexibility index (Phi) is 6.34. The molecular formula is C16H23F3N2O3S. The second kappa shape index (κ2) is 7.92. The number of sulfonamides is 1. The first-order chi connectivity index (χ1) is 11.6. The standard InChI is InChI=1S/C16H23F3N2O3S/c1-12-7-9-21(10-8-12)13(2)11-20-25(22,23)15-6-4-3-5-14(15)24-16(17,18)19/h3-6,12-13,20H,7-11H2,1-2H3. The van der Waals surface area contributed by atoms with Gasteiger partial charge in [-0.2, -0.15) is 0 Å². The van der Waals surface area contributed by atoms with Gasteiger partial charge in [0.15, 0.2) is 0 Å². The smallest absolute Gasteiger partial charge is 0.404 e. The number of alkyl halides is 3. The van der Waals surface area contributed by atoms with Gasteiger partial charge in [0, 0.05) is 12.6 Å². The van der Waals surface area contributed by atoms with Crippen molar-refractivity contribution in [1.29, 1.82) is 0 Å². The van der Waals surface area contributed by atoms with E-state index in [1.54, 1.807) is 0 Å². The molecule has 1 aliphatic heterocycles. The number of nitrogens with zero attached hydrogens (tertiary/aromatic N) is 1. The Hall–Kier alpha value is -1.32. The molecular weight excluding hydrogens is 357 g/mol. The predicted molar refractivity (Wildman–Crippen MR) is 87.7 cm³/mol. The summed E-state index contributed by atoms with van der Waals surface area (Å²) in [4.78, 5) is 1.66. The van der Waals surface area contributed by atoms with E-state index >= 15 is 0 Å². The van der Waals surface area contributed by atoms with Crippen LogP contribution in [0.25, 0.3) is 0 Å². The third-order valence-corrected chi connectivity index (χ3v) is 5.84. The van der Waals surface area contributed by atoms with E-state index < -0.39 is 27.0 Å². The molecule has 1 atom stereocenters. The van der Waals surface area contributed by atoms with Crippen LogP contribution in [-0.4, -0.2) is 45.4 Å². The molecule has 0 saturated carbocycles. The van der Waals surface area contributed by atoms with E-state index in [1.165, 1.54) is 12.1 Å². The topological polar surface area (TPSA) is 58.6 Å². The van der Waals surface area contributed by atoms with Crippen LogP contribution in [0, 0.1) is 5.92 Å². The number of para-hydroxylation sites is 1. The van der Waals surface area contributed by atoms with E-state index in [2.05, 4.69) is 21.3 Å². The zero-order valence-electron chi connectivity index (χ0n) is 14.2. The van der Waals surface area contributed by atoms with Crippen molar-refractivity contribution in [3.05, 3.63) is 24.3 Å². The van der Waals surface area contributed by atoms with Gasteiger partial charge < -0.3 is 4.74 Å². The molecule has 1 saturated heterocycles. The van der Waals surface area contributed by atoms with Crippen molar-refractivity contribution >= 4 is 10.0 Å². The molecule has 0 aromatic heterocycles. The molecule has 1 aromatic rings. The number of nitrogens with one attached hydrogen (secondary N) is 1. The van der Waals surface area contributed by atoms with Crippen molar-refractivity contribution in [2.75, 3.05) is 19.6 Å². The minimum atomic E-state index is -4.95. The highest BCUT2D eigenvalue weighted by atomic mass is 32.2. The molecule has 2 rings (SSSR count). The Bertz CT molecular complexity index is 671. The van der Waals surface area contributed by atoms with E-state index in [4.69, 9.17) is 0 Å². The second-order valence-electron chi connectivity index (χ2n) is 6.41. The molecule has 0 spiro atoms. The highest BCUT2D eigenvalue weighted by molar-refractivity contribution is 7.89. The van der Waals surface area contributed by atoms with Gasteiger partial charge in [-0.1, -0.05) is 19.1 Å². The summed E-state index contributed by atoms with van der Waals surface area (Å²) in [6.45, 7) is 5.98. The molecule has 1 unspecified atom stereocenters. The molecule has 25 heavy (non-hydrogen) atoms. The molecule has 9 heteroatoms. The Labute approximate surface area is 146 Å². The Morgan fingerprint density at radius 1 is 1.28 bits per heavy atom. The highest BCUT2D eigenvalue weighted by Crippen LogP contribution is 2.29. The van der Waals surface area contributed by atoms with Gasteiger partial charge in [0.05, 0.1) is 0 Å². The van der Waals surface area contributed by atoms with E-state index in [1.807, 2.05) is 6.92 Å². The zero-order chi connectivity index (χ0) is 18.7. The number of halogens is 3. The number of piperidine rings is 1. The number of benzene rings is 1. The van der Waals surface area contributed by atoms with Crippen LogP contribution >= 0.6 is 0 Å². The number of hydrogen-bond donors (Lipinski definition) is 1. The quantitative estimate of drug-likeness (QED) is 0.824. The summed E-state index contributed by atoms with van der Waals surface area (Å²) in [7, 11) is -4.11. The van der Waals surface area contributed by atoms with Crippen LogP contribution in [0.5, 0.6) is 5.75 Å². The fourth-order valence-electron chi connectivity index (χ4n) is 2.79. The lowest BCUT2D eigenvalue weighted by Crippen LogP contribution is -2.45. The largest absolute Gasteiger partial charge is 0.573 e. The van der Waals surface area contributed by atoms with Crippen molar-refractivity contribution in [2.24, 2.45) is 5.92 Å². The van der Waals surface area contributed by atoms with Gasteiger partial charge in [-0.25, -0.2) is 13.1 Å². The number of likely N-dealkylation sites (tertiary alicyclic amines) is 1. The monoisotopic (exact) mass is 380 g/mol. The molecule has 5 nitrogen and oxygen atoms in total. The summed E-state index contributed by atoms with van der Waals surface area (Å²) in [5, 5.41) is 0. The van der Waals surface area contributed by atoms with Crippen molar-refractivity contribution in [3.63, 3.8) is 0 Å². The van der Waals surface area contributed by atoms with E-state index in [9.17, 15) is 21.6 Å². The maximum atomic E-state index is 12.5. The van der Waals surface area contributed by atoms with Gasteiger partial charge in [0.1, 0.15) is 10.6 Å². The average molecular weight is 380 g/mol. The van der Waals surface area contributed by atoms with Crippen molar-refractivity contribution in [3.8, 4) is 5.75 Å². The Balaban J connectivity index is 2.04. The molecule has 1 N–H and O–H groups in total. The van der Waals surface area contributed by atoms with Crippen LogP contribution in [0.3, 0.4) is 0 Å². The zero-order valence-corrected chi connectivity index (χ0v) is 15.0. The molecule has 1 aliphatic rings. The molecule has 0 bridgehead atoms. The summed E-state index contributed by atoms with van der Waals surface area (Å²) in [5.74, 6) is -0.0755. The van der Waals surface area contributed by atoms with Crippen LogP contribution in [0.2, 0.25) is 0 Å². The predicted octanol–water partition coefficient (Wildman–Crippen LogP) is 2.98. The first kappa shape index (κ1) is 20.0. The van der Waals surface area contributed by atoms with Gasteiger partial charge in [-0.15, -0.1) is 13.2 Å². The van der Waals surface area contributed by atoms with Gasteiger partial charge in [-0.05, 0) is 50.9 Å². The fraction of sp³-hybridized carbons (Fsp3) is 0.625. The van der Waals surface area contributed by atoms with Crippen LogP contribution in [-0.2, 0) is 10.0 Å². The number of hydrogen-bond acceptors (Lipinski definition) is 4. The fourth-order valence-corrected chi connectivity index (χ4v) is 4.04. The summed E-state index contributed by atoms with van der Waals surface area (Å²) in [6, 6.07) is 4.68. The maximum Gasteiger partial charge on any atom is 0.573 e. The molecule has 1 fully saturated rings. The number of rotatable bonds is 6. The van der Waals surface area contributed by atoms with Gasteiger partial charge >= 0.3 is 6.36 Å². The molecule has 0 amide bonds. The molecule has 0 aliphatic carbocycles. The lowest BCUT2D eigenvalue weighted by molar-refractivity contribution is -0.275. The van der Waals surface area contributed by atoms with Gasteiger partial charge in [0.25, 0.3) is 0 Å².